The van der Waals surface area contributed by atoms with Gasteiger partial charge in [-0.1, -0.05) is 23.2 Å². The zero-order chi connectivity index (χ0) is 17.8. The number of hydrogen-bond donors (Lipinski definition) is 1. The first-order valence-electron chi connectivity index (χ1n) is 7.14. The van der Waals surface area contributed by atoms with Gasteiger partial charge in [-0.3, -0.25) is 10.1 Å². The van der Waals surface area contributed by atoms with Crippen molar-refractivity contribution >= 4 is 35.1 Å². The minimum absolute atomic E-state index is 0.177. The van der Waals surface area contributed by atoms with Gasteiger partial charge in [0.1, 0.15) is 12.1 Å². The second-order valence-corrected chi connectivity index (χ2v) is 5.77. The van der Waals surface area contributed by atoms with Crippen LogP contribution in [0.25, 0.3) is 5.95 Å². The van der Waals surface area contributed by atoms with Crippen LogP contribution in [-0.2, 0) is 4.79 Å². The van der Waals surface area contributed by atoms with Crippen molar-refractivity contribution in [2.24, 2.45) is 0 Å². The van der Waals surface area contributed by atoms with Crippen molar-refractivity contribution in [2.45, 2.75) is 13.0 Å². The first-order chi connectivity index (χ1) is 12.0. The molecule has 0 radical (unpaired) electrons. The molecule has 2 heterocycles. The number of aromatic nitrogens is 5. The fourth-order valence-electron chi connectivity index (χ4n) is 1.94. The molecule has 128 valence electrons. The number of carbonyl (C=O) groups is 1. The van der Waals surface area contributed by atoms with E-state index >= 15 is 0 Å². The number of carbonyl (C=O) groups excluding carboxylic acids is 1. The van der Waals surface area contributed by atoms with Gasteiger partial charge in [-0.2, -0.15) is 14.8 Å². The molecule has 0 spiro atoms. The minimum atomic E-state index is -0.823. The molecule has 10 heteroatoms. The third-order valence-corrected chi connectivity index (χ3v) is 3.48. The highest BCUT2D eigenvalue weighted by atomic mass is 35.5. The summed E-state index contributed by atoms with van der Waals surface area (Å²) in [7, 11) is 0. The van der Waals surface area contributed by atoms with Crippen molar-refractivity contribution in [2.75, 3.05) is 5.32 Å². The van der Waals surface area contributed by atoms with Crippen LogP contribution < -0.4 is 10.1 Å². The summed E-state index contributed by atoms with van der Waals surface area (Å²) in [5, 5.41) is 7.44. The lowest BCUT2D eigenvalue weighted by Gasteiger charge is -2.15. The normalized spacial score (nSPS) is 11.8. The maximum absolute atomic E-state index is 12.3. The number of amides is 1. The number of halogens is 2. The molecule has 8 nitrogen and oxygen atoms in total. The Morgan fingerprint density at radius 1 is 1.16 bits per heavy atom. The van der Waals surface area contributed by atoms with Crippen molar-refractivity contribution in [3.05, 3.63) is 53.0 Å². The Bertz CT molecular complexity index is 866. The van der Waals surface area contributed by atoms with Crippen molar-refractivity contribution in [1.29, 1.82) is 0 Å². The van der Waals surface area contributed by atoms with Crippen molar-refractivity contribution in [3.8, 4) is 11.7 Å². The molecular formula is C15H12Cl2N6O2. The maximum atomic E-state index is 12.3. The van der Waals surface area contributed by atoms with Crippen molar-refractivity contribution in [3.63, 3.8) is 0 Å². The molecule has 0 fully saturated rings. The molecule has 0 saturated carbocycles. The molecule has 1 unspecified atom stereocenters. The Balaban J connectivity index is 1.71. The summed E-state index contributed by atoms with van der Waals surface area (Å²) in [5.41, 5.74) is 0. The minimum Gasteiger partial charge on any atom is -0.481 e. The Hall–Kier alpha value is -2.71. The molecule has 25 heavy (non-hydrogen) atoms. The smallest absolute Gasteiger partial charge is 0.267 e. The number of ether oxygens (including phenoxy) is 1. The van der Waals surface area contributed by atoms with Gasteiger partial charge < -0.3 is 4.74 Å². The molecule has 1 N–H and O–H groups in total. The number of rotatable bonds is 5. The third kappa shape index (κ3) is 4.23. The predicted molar refractivity (Wildman–Crippen MR) is 92.1 cm³/mol. The fraction of sp³-hybridized carbons (Fsp3) is 0.133. The van der Waals surface area contributed by atoms with Gasteiger partial charge in [-0.05, 0) is 31.2 Å². The molecule has 0 aliphatic rings. The van der Waals surface area contributed by atoms with Gasteiger partial charge in [0, 0.05) is 22.4 Å². The standard InChI is InChI=1S/C15H12Cl2N6O2/c1-9(25-12-6-10(16)5-11(17)7-12)13(24)22-15-20-8-21-23(15)14-18-3-2-4-19-14/h2-9H,1H3,(H,20,21,22,24). The first-order valence-corrected chi connectivity index (χ1v) is 7.89. The van der Waals surface area contributed by atoms with E-state index in [0.29, 0.717) is 15.8 Å². The SMILES string of the molecule is CC(Oc1cc(Cl)cc(Cl)c1)C(=O)Nc1ncnn1-c1ncccn1. The zero-order valence-electron chi connectivity index (χ0n) is 12.9. The van der Waals surface area contributed by atoms with Crippen LogP contribution in [0, 0.1) is 0 Å². The maximum Gasteiger partial charge on any atom is 0.267 e. The van der Waals surface area contributed by atoms with Crippen LogP contribution in [0.1, 0.15) is 6.92 Å². The van der Waals surface area contributed by atoms with Gasteiger partial charge in [0.05, 0.1) is 0 Å². The topological polar surface area (TPSA) is 94.8 Å². The summed E-state index contributed by atoms with van der Waals surface area (Å²) < 4.78 is 6.87. The van der Waals surface area contributed by atoms with Crippen LogP contribution >= 0.6 is 23.2 Å². The number of benzene rings is 1. The lowest BCUT2D eigenvalue weighted by molar-refractivity contribution is -0.122. The summed E-state index contributed by atoms with van der Waals surface area (Å²) in [5.74, 6) is 0.413. The summed E-state index contributed by atoms with van der Waals surface area (Å²) in [6.45, 7) is 1.59. The van der Waals surface area contributed by atoms with E-state index in [0.717, 1.165) is 0 Å². The van der Waals surface area contributed by atoms with Crippen molar-refractivity contribution < 1.29 is 9.53 Å². The number of hydrogen-bond acceptors (Lipinski definition) is 6. The number of anilines is 1. The van der Waals surface area contributed by atoms with Crippen LogP contribution in [0.4, 0.5) is 5.95 Å². The molecule has 3 aromatic rings. The summed E-state index contributed by atoms with van der Waals surface area (Å²) in [6.07, 6.45) is 3.58. The zero-order valence-corrected chi connectivity index (χ0v) is 14.4. The molecule has 3 rings (SSSR count). The van der Waals surface area contributed by atoms with E-state index in [-0.39, 0.29) is 11.9 Å². The molecule has 1 atom stereocenters. The van der Waals surface area contributed by atoms with Crippen LogP contribution in [0.3, 0.4) is 0 Å². The van der Waals surface area contributed by atoms with Gasteiger partial charge in [-0.25, -0.2) is 9.97 Å². The summed E-state index contributed by atoms with van der Waals surface area (Å²) in [4.78, 5) is 24.5. The monoisotopic (exact) mass is 378 g/mol. The lowest BCUT2D eigenvalue weighted by atomic mass is 10.3. The van der Waals surface area contributed by atoms with Crippen LogP contribution in [-0.4, -0.2) is 36.7 Å². The van der Waals surface area contributed by atoms with Gasteiger partial charge >= 0.3 is 0 Å². The average molecular weight is 379 g/mol. The lowest BCUT2D eigenvalue weighted by Crippen LogP contribution is -2.31. The highest BCUT2D eigenvalue weighted by molar-refractivity contribution is 6.34. The largest absolute Gasteiger partial charge is 0.481 e. The van der Waals surface area contributed by atoms with E-state index in [1.165, 1.54) is 11.0 Å². The molecule has 0 bridgehead atoms. The van der Waals surface area contributed by atoms with E-state index < -0.39 is 12.0 Å². The summed E-state index contributed by atoms with van der Waals surface area (Å²) >= 11 is 11.8. The van der Waals surface area contributed by atoms with Gasteiger partial charge in [0.2, 0.25) is 5.95 Å². The predicted octanol–water partition coefficient (Wildman–Crippen LogP) is 2.77. The fourth-order valence-corrected chi connectivity index (χ4v) is 2.45. The van der Waals surface area contributed by atoms with Crippen molar-refractivity contribution in [1.82, 2.24) is 24.7 Å². The molecule has 0 saturated heterocycles. The van der Waals surface area contributed by atoms with Crippen LogP contribution in [0.2, 0.25) is 10.0 Å². The Morgan fingerprint density at radius 3 is 2.52 bits per heavy atom. The average Bonchev–Trinajstić information content (AvgIpc) is 3.02. The molecular weight excluding hydrogens is 367 g/mol. The number of nitrogens with zero attached hydrogens (tertiary/aromatic N) is 5. The second kappa shape index (κ2) is 7.45. The Kier molecular flexibility index (Phi) is 5.11. The number of nitrogens with one attached hydrogen (secondary N) is 1. The first kappa shape index (κ1) is 17.1. The summed E-state index contributed by atoms with van der Waals surface area (Å²) in [6, 6.07) is 6.38. The van der Waals surface area contributed by atoms with Gasteiger partial charge in [0.25, 0.3) is 11.9 Å². The third-order valence-electron chi connectivity index (χ3n) is 3.04. The highest BCUT2D eigenvalue weighted by Crippen LogP contribution is 2.25. The van der Waals surface area contributed by atoms with E-state index in [1.54, 1.807) is 43.6 Å². The van der Waals surface area contributed by atoms with Gasteiger partial charge in [0.15, 0.2) is 6.10 Å². The Morgan fingerprint density at radius 2 is 1.84 bits per heavy atom. The van der Waals surface area contributed by atoms with E-state index in [4.69, 9.17) is 27.9 Å². The second-order valence-electron chi connectivity index (χ2n) is 4.90. The molecule has 2 aromatic heterocycles. The van der Waals surface area contributed by atoms with E-state index in [1.807, 2.05) is 0 Å². The molecule has 0 aliphatic heterocycles. The van der Waals surface area contributed by atoms with Gasteiger partial charge in [-0.15, -0.1) is 0 Å². The van der Waals surface area contributed by atoms with Crippen LogP contribution in [0.5, 0.6) is 5.75 Å². The highest BCUT2D eigenvalue weighted by Gasteiger charge is 2.19. The van der Waals surface area contributed by atoms with Crippen LogP contribution in [0.15, 0.2) is 43.0 Å². The van der Waals surface area contributed by atoms with E-state index in [9.17, 15) is 4.79 Å². The molecule has 1 amide bonds. The van der Waals surface area contributed by atoms with E-state index in [2.05, 4.69) is 25.4 Å². The quantitative estimate of drug-likeness (QED) is 0.733. The molecule has 1 aromatic carbocycles. The molecule has 0 aliphatic carbocycles. The Labute approximate surface area is 152 Å².